The first kappa shape index (κ1) is 48.9. The second-order valence-corrected chi connectivity index (χ2v) is 23.8. The number of pyridine rings is 1. The Morgan fingerprint density at radius 3 is 2.48 bits per heavy atom. The summed E-state index contributed by atoms with van der Waals surface area (Å²) in [5.41, 5.74) is 2.46. The van der Waals surface area contributed by atoms with Crippen LogP contribution in [-0.4, -0.2) is 114 Å². The van der Waals surface area contributed by atoms with Crippen LogP contribution in [0.25, 0.3) is 11.0 Å². The lowest BCUT2D eigenvalue weighted by Gasteiger charge is -2.59. The van der Waals surface area contributed by atoms with Crippen LogP contribution < -0.4 is 24.4 Å². The van der Waals surface area contributed by atoms with Gasteiger partial charge in [-0.2, -0.15) is 0 Å². The maximum absolute atomic E-state index is 14.7. The van der Waals surface area contributed by atoms with Crippen molar-refractivity contribution in [3.63, 3.8) is 0 Å². The summed E-state index contributed by atoms with van der Waals surface area (Å²) in [6.07, 6.45) is 9.87. The molecule has 5 aromatic rings. The highest BCUT2D eigenvalue weighted by atomic mass is 32.2. The molecule has 3 saturated heterocycles. The molecule has 3 aromatic carbocycles. The molecule has 2 amide bonds. The number of carbonyl (C=O) groups excluding carboxylic acids is 2. The molecule has 5 fully saturated rings. The van der Waals surface area contributed by atoms with Crippen LogP contribution in [0.5, 0.6) is 17.2 Å². The Morgan fingerprint density at radius 1 is 1.00 bits per heavy atom. The van der Waals surface area contributed by atoms with E-state index in [1.54, 1.807) is 19.1 Å². The van der Waals surface area contributed by atoms with Gasteiger partial charge in [-0.15, -0.1) is 0 Å². The minimum Gasteiger partial charge on any atom is -0.489 e. The number of hydrogen-bond acceptors (Lipinski definition) is 13. The van der Waals surface area contributed by atoms with Crippen LogP contribution in [0, 0.1) is 33.2 Å². The van der Waals surface area contributed by atoms with Gasteiger partial charge in [-0.3, -0.25) is 24.6 Å². The van der Waals surface area contributed by atoms with E-state index in [9.17, 15) is 37.6 Å². The number of benzene rings is 3. The Balaban J connectivity index is 0.807. The minimum absolute atomic E-state index is 0.00384. The molecule has 19 heteroatoms. The maximum atomic E-state index is 14.7. The van der Waals surface area contributed by atoms with E-state index in [0.717, 1.165) is 89.2 Å². The number of rotatable bonds is 12. The van der Waals surface area contributed by atoms with Gasteiger partial charge in [-0.25, -0.2) is 22.5 Å². The lowest BCUT2D eigenvalue weighted by atomic mass is 9.69. The average molecular weight is 1020 g/mol. The topological polar surface area (TPSA) is 213 Å². The van der Waals surface area contributed by atoms with E-state index in [1.807, 2.05) is 0 Å². The average Bonchev–Trinajstić information content (AvgIpc) is 4.16. The number of aliphatic hydroxyl groups is 1. The van der Waals surface area contributed by atoms with Gasteiger partial charge in [0, 0.05) is 87.2 Å². The van der Waals surface area contributed by atoms with Crippen molar-refractivity contribution >= 4 is 49.9 Å². The van der Waals surface area contributed by atoms with Crippen molar-refractivity contribution in [1.82, 2.24) is 24.5 Å². The second kappa shape index (κ2) is 18.9. The van der Waals surface area contributed by atoms with Crippen LogP contribution in [0.1, 0.15) is 112 Å². The van der Waals surface area contributed by atoms with Crippen molar-refractivity contribution in [3.8, 4) is 17.2 Å². The van der Waals surface area contributed by atoms with Crippen molar-refractivity contribution in [2.45, 2.75) is 113 Å². The monoisotopic (exact) mass is 1020 g/mol. The van der Waals surface area contributed by atoms with E-state index in [2.05, 4.69) is 72.8 Å². The number of sulfonamides is 1. The molecule has 17 nitrogen and oxygen atoms in total. The summed E-state index contributed by atoms with van der Waals surface area (Å²) in [6.45, 7) is 11.3. The first-order valence-corrected chi connectivity index (χ1v) is 27.2. The molecule has 2 aliphatic carbocycles. The minimum atomic E-state index is -4.74. The number of piperidine rings is 2. The number of ether oxygens (including phenoxy) is 2. The Bertz CT molecular complexity index is 3080. The van der Waals surface area contributed by atoms with Gasteiger partial charge in [0.15, 0.2) is 11.4 Å². The van der Waals surface area contributed by atoms with Gasteiger partial charge < -0.3 is 34.7 Å². The Kier molecular flexibility index (Phi) is 12.6. The quantitative estimate of drug-likeness (QED) is 0.0683. The molecule has 0 radical (unpaired) electrons. The van der Waals surface area contributed by atoms with Crippen LogP contribution in [0.4, 0.5) is 21.5 Å². The Hall–Kier alpha value is -6.31. The lowest BCUT2D eigenvalue weighted by Crippen LogP contribution is -2.65. The third-order valence-corrected chi connectivity index (χ3v) is 18.0. The van der Waals surface area contributed by atoms with Crippen LogP contribution in [0.2, 0.25) is 0 Å². The van der Waals surface area contributed by atoms with E-state index in [1.165, 1.54) is 35.7 Å². The molecule has 4 aliphatic heterocycles. The van der Waals surface area contributed by atoms with Gasteiger partial charge in [0.05, 0.1) is 38.6 Å². The molecule has 6 heterocycles. The fraction of sp³-hybridized carbons (Fsp3) is 0.500. The first-order chi connectivity index (χ1) is 34.9. The molecule has 4 N–H and O–H groups in total. The van der Waals surface area contributed by atoms with Crippen molar-refractivity contribution in [2.75, 3.05) is 56.1 Å². The van der Waals surface area contributed by atoms with Crippen LogP contribution >= 0.6 is 0 Å². The number of nitrogens with one attached hydrogen (secondary N) is 3. The number of nitrogens with zero attached hydrogens (tertiary/aromatic N) is 5. The van der Waals surface area contributed by atoms with Crippen LogP contribution in [0.15, 0.2) is 78.0 Å². The molecule has 2 saturated carbocycles. The molecule has 0 unspecified atom stereocenters. The van der Waals surface area contributed by atoms with Gasteiger partial charge in [0.2, 0.25) is 5.91 Å². The number of likely N-dealkylation sites (tertiary alicyclic amines) is 2. The number of halogens is 1. The van der Waals surface area contributed by atoms with Gasteiger partial charge in [-0.1, -0.05) is 38.1 Å². The Morgan fingerprint density at radius 2 is 1.75 bits per heavy atom. The summed E-state index contributed by atoms with van der Waals surface area (Å²) in [5, 5.41) is 26.3. The summed E-state index contributed by atoms with van der Waals surface area (Å²) in [4.78, 5) is 52.8. The summed E-state index contributed by atoms with van der Waals surface area (Å²) in [7, 11) is -4.74. The highest BCUT2D eigenvalue weighted by molar-refractivity contribution is 7.90. The molecule has 0 bridgehead atoms. The highest BCUT2D eigenvalue weighted by Crippen LogP contribution is 2.48. The number of amides is 2. The number of nitro groups is 1. The van der Waals surface area contributed by atoms with E-state index in [4.69, 9.17) is 9.47 Å². The van der Waals surface area contributed by atoms with Crippen molar-refractivity contribution in [1.29, 1.82) is 0 Å². The number of H-pyrrole nitrogens is 1. The first-order valence-electron chi connectivity index (χ1n) is 25.8. The standard InChI is InChI=1S/C54H63FN8O9S/c1-32(2)38-6-4-5-7-39(38)42-28-61(52(65)34-8-9-34)19-14-45(42)62-30-54(31-62)17-20-60(21-18-54)35-10-11-40(47(22-35)72-36-23-41-43(55)27-57-50(41)56-26-36)51(64)59-73(69,70)37-24-46(63(67)68)49-48(25-37)71-29-44(58-49)33-12-15-53(3,66)16-13-33/h4-7,10-11,22-27,32-34,42,44-45,58,66H,8-9,12-21,28-31H2,1-3H3,(H,56,57)(H,59,64)/t33-,42-,44-,45-,53-/m1/s1. The Labute approximate surface area is 424 Å². The van der Waals surface area contributed by atoms with Gasteiger partial charge in [0.25, 0.3) is 21.6 Å². The van der Waals surface area contributed by atoms with E-state index in [-0.39, 0.29) is 69.7 Å². The third kappa shape index (κ3) is 9.71. The lowest BCUT2D eigenvalue weighted by molar-refractivity contribution is -0.384. The molecule has 3 atom stereocenters. The van der Waals surface area contributed by atoms with Crippen molar-refractivity contribution in [3.05, 3.63) is 106 Å². The number of nitro benzene ring substituents is 1. The maximum Gasteiger partial charge on any atom is 0.297 e. The number of aromatic amines is 1. The van der Waals surface area contributed by atoms with Crippen molar-refractivity contribution < 1.29 is 41.9 Å². The van der Waals surface area contributed by atoms with Gasteiger partial charge in [-0.05, 0) is 111 Å². The smallest absolute Gasteiger partial charge is 0.297 e. The molecule has 2 aromatic heterocycles. The zero-order valence-corrected chi connectivity index (χ0v) is 42.3. The summed E-state index contributed by atoms with van der Waals surface area (Å²) in [5.74, 6) is -0.368. The van der Waals surface area contributed by atoms with Crippen LogP contribution in [-0.2, 0) is 14.8 Å². The normalized spacial score (nSPS) is 25.1. The van der Waals surface area contributed by atoms with E-state index >= 15 is 0 Å². The molecule has 73 heavy (non-hydrogen) atoms. The summed E-state index contributed by atoms with van der Waals surface area (Å²) >= 11 is 0. The number of anilines is 2. The molecule has 386 valence electrons. The predicted octanol–water partition coefficient (Wildman–Crippen LogP) is 8.46. The van der Waals surface area contributed by atoms with Gasteiger partial charge >= 0.3 is 0 Å². The largest absolute Gasteiger partial charge is 0.489 e. The number of carbonyl (C=O) groups is 2. The van der Waals surface area contributed by atoms with Gasteiger partial charge in [0.1, 0.15) is 29.6 Å². The molecule has 1 spiro atoms. The number of fused-ring (bicyclic) bond motifs is 2. The summed E-state index contributed by atoms with van der Waals surface area (Å²) < 4.78 is 57.2. The summed E-state index contributed by atoms with van der Waals surface area (Å²) in [6, 6.07) is 17.2. The fourth-order valence-corrected chi connectivity index (χ4v) is 13.3. The zero-order valence-electron chi connectivity index (χ0n) is 41.4. The van der Waals surface area contributed by atoms with E-state index in [0.29, 0.717) is 49.2 Å². The van der Waals surface area contributed by atoms with Crippen molar-refractivity contribution in [2.24, 2.45) is 17.3 Å². The zero-order chi connectivity index (χ0) is 51.0. The third-order valence-electron chi connectivity index (χ3n) is 16.7. The molecule has 6 aliphatic rings. The number of aromatic nitrogens is 2. The van der Waals surface area contributed by atoms with Crippen LogP contribution in [0.3, 0.4) is 0 Å². The van der Waals surface area contributed by atoms with E-state index < -0.39 is 42.9 Å². The molecular weight excluding hydrogens is 956 g/mol. The molecule has 11 rings (SSSR count). The SMILES string of the molecule is CC(C)c1ccccc1[C@H]1CN(C(=O)C2CC2)CC[C@H]1N1CC2(CCN(c3ccc(C(=O)NS(=O)(=O)c4cc5c(c([N+](=O)[O-])c4)N[C@@H]([C@H]4CC[C@](C)(O)CC4)CO5)c(Oc4cnc5[nH]cc(F)c5c4)c3)CC2)C1. The predicted molar refractivity (Wildman–Crippen MR) is 272 cm³/mol. The second-order valence-electron chi connectivity index (χ2n) is 22.1. The number of hydrogen-bond donors (Lipinski definition) is 4. The molecular formula is C54H63FN8O9S. The fourth-order valence-electron chi connectivity index (χ4n) is 12.3. The highest BCUT2D eigenvalue weighted by Gasteiger charge is 2.50.